The third kappa shape index (κ3) is 2.51. The highest BCUT2D eigenvalue weighted by molar-refractivity contribution is 6.61. The number of aryl methyl sites for hydroxylation is 1. The molecule has 2 heterocycles. The van der Waals surface area contributed by atoms with Crippen LogP contribution in [0, 0.1) is 12.3 Å². The summed E-state index contributed by atoms with van der Waals surface area (Å²) < 4.78 is 16.7. The molecule has 3 rings (SSSR count). The summed E-state index contributed by atoms with van der Waals surface area (Å²) in [4.78, 5) is 11.3. The maximum absolute atomic E-state index is 11.3. The van der Waals surface area contributed by atoms with Crippen LogP contribution >= 0.6 is 0 Å². The summed E-state index contributed by atoms with van der Waals surface area (Å²) in [6.45, 7) is 7.46. The van der Waals surface area contributed by atoms with Gasteiger partial charge in [0.05, 0.1) is 0 Å². The van der Waals surface area contributed by atoms with E-state index in [1.165, 1.54) is 6.07 Å². The summed E-state index contributed by atoms with van der Waals surface area (Å²) in [6, 6.07) is 7.15. The molecule has 1 aliphatic rings. The molecule has 0 N–H and O–H groups in total. The number of hydrogen-bond acceptors (Lipinski definition) is 4. The molecule has 0 spiro atoms. The van der Waals surface area contributed by atoms with Crippen LogP contribution in [0.5, 0.6) is 0 Å². The molecular formula is C15H17BO4. The van der Waals surface area contributed by atoms with E-state index in [4.69, 9.17) is 13.7 Å². The summed E-state index contributed by atoms with van der Waals surface area (Å²) in [5.74, 6) is 0. The van der Waals surface area contributed by atoms with Gasteiger partial charge in [-0.05, 0) is 24.0 Å². The summed E-state index contributed by atoms with van der Waals surface area (Å²) in [6.07, 6.45) is 0. The number of rotatable bonds is 1. The van der Waals surface area contributed by atoms with Crippen LogP contribution in [0.2, 0.25) is 0 Å². The number of benzene rings is 1. The van der Waals surface area contributed by atoms with Gasteiger partial charge in [0.1, 0.15) is 5.58 Å². The van der Waals surface area contributed by atoms with Crippen LogP contribution in [0.4, 0.5) is 0 Å². The van der Waals surface area contributed by atoms with Crippen LogP contribution < -0.4 is 11.1 Å². The standard InChI is InChI=1S/C15H17BO4/c1-10-6-14(17)20-13-5-4-11(7-12(10)13)16-18-8-15(2,3)9-19-16/h4-7H,8-9H2,1-3H3. The maximum Gasteiger partial charge on any atom is 0.493 e. The van der Waals surface area contributed by atoms with Crippen LogP contribution in [0.15, 0.2) is 33.5 Å². The molecule has 4 nitrogen and oxygen atoms in total. The molecule has 0 amide bonds. The molecular weight excluding hydrogens is 255 g/mol. The lowest BCUT2D eigenvalue weighted by molar-refractivity contribution is 0.0343. The largest absolute Gasteiger partial charge is 0.493 e. The summed E-state index contributed by atoms with van der Waals surface area (Å²) in [5, 5.41) is 0.916. The highest BCUT2D eigenvalue weighted by Crippen LogP contribution is 2.22. The fourth-order valence-corrected chi connectivity index (χ4v) is 2.37. The van der Waals surface area contributed by atoms with Gasteiger partial charge in [0.2, 0.25) is 0 Å². The average molecular weight is 272 g/mol. The molecule has 20 heavy (non-hydrogen) atoms. The van der Waals surface area contributed by atoms with Gasteiger partial charge in [-0.3, -0.25) is 0 Å². The fraction of sp³-hybridized carbons (Fsp3) is 0.400. The lowest BCUT2D eigenvalue weighted by Crippen LogP contribution is -2.47. The van der Waals surface area contributed by atoms with Gasteiger partial charge in [-0.1, -0.05) is 26.0 Å². The minimum atomic E-state index is -0.348. The number of fused-ring (bicyclic) bond motifs is 1. The summed E-state index contributed by atoms with van der Waals surface area (Å²) >= 11 is 0. The molecule has 1 fully saturated rings. The van der Waals surface area contributed by atoms with E-state index in [1.807, 2.05) is 19.1 Å². The van der Waals surface area contributed by atoms with Crippen molar-refractivity contribution in [2.45, 2.75) is 20.8 Å². The number of hydrogen-bond donors (Lipinski definition) is 0. The zero-order valence-electron chi connectivity index (χ0n) is 11.9. The molecule has 5 heteroatoms. The van der Waals surface area contributed by atoms with Crippen molar-refractivity contribution in [1.82, 2.24) is 0 Å². The molecule has 1 aliphatic heterocycles. The molecule has 104 valence electrons. The molecule has 0 saturated carbocycles. The van der Waals surface area contributed by atoms with E-state index in [-0.39, 0.29) is 18.2 Å². The van der Waals surface area contributed by atoms with Crippen LogP contribution in [0.1, 0.15) is 19.4 Å². The van der Waals surface area contributed by atoms with Crippen molar-refractivity contribution in [3.8, 4) is 0 Å². The van der Waals surface area contributed by atoms with E-state index >= 15 is 0 Å². The smallest absolute Gasteiger partial charge is 0.423 e. The van der Waals surface area contributed by atoms with Gasteiger partial charge in [0.15, 0.2) is 0 Å². The predicted octanol–water partition coefficient (Wildman–Crippen LogP) is 1.87. The van der Waals surface area contributed by atoms with E-state index in [9.17, 15) is 4.79 Å². The van der Waals surface area contributed by atoms with E-state index in [0.717, 1.165) is 16.4 Å². The van der Waals surface area contributed by atoms with E-state index < -0.39 is 0 Å². The SMILES string of the molecule is Cc1cc(=O)oc2ccc(B3OCC(C)(C)CO3)cc12. The first-order valence-corrected chi connectivity index (χ1v) is 6.72. The van der Waals surface area contributed by atoms with Crippen LogP contribution in [-0.2, 0) is 9.31 Å². The topological polar surface area (TPSA) is 48.7 Å². The van der Waals surface area contributed by atoms with Crippen molar-refractivity contribution >= 4 is 23.6 Å². The Morgan fingerprint density at radius 1 is 1.15 bits per heavy atom. The Labute approximate surface area is 117 Å². The Balaban J connectivity index is 1.96. The second-order valence-electron chi connectivity index (χ2n) is 6.12. The fourth-order valence-electron chi connectivity index (χ4n) is 2.37. The summed E-state index contributed by atoms with van der Waals surface area (Å²) in [7, 11) is -0.348. The van der Waals surface area contributed by atoms with Crippen LogP contribution in [0.3, 0.4) is 0 Å². The normalized spacial score (nSPS) is 18.4. The zero-order valence-corrected chi connectivity index (χ0v) is 11.9. The minimum Gasteiger partial charge on any atom is -0.423 e. The molecule has 1 aromatic heterocycles. The van der Waals surface area contributed by atoms with E-state index in [2.05, 4.69) is 13.8 Å². The quantitative estimate of drug-likeness (QED) is 0.587. The van der Waals surface area contributed by atoms with Crippen molar-refractivity contribution in [3.63, 3.8) is 0 Å². The molecule has 1 aromatic carbocycles. The van der Waals surface area contributed by atoms with Crippen molar-refractivity contribution in [2.24, 2.45) is 5.41 Å². The third-order valence-corrected chi connectivity index (χ3v) is 3.50. The Kier molecular flexibility index (Phi) is 3.19. The Morgan fingerprint density at radius 3 is 2.55 bits per heavy atom. The van der Waals surface area contributed by atoms with Crippen molar-refractivity contribution in [3.05, 3.63) is 40.2 Å². The highest BCUT2D eigenvalue weighted by atomic mass is 16.6. The molecule has 0 bridgehead atoms. The van der Waals surface area contributed by atoms with Gasteiger partial charge in [0, 0.05) is 30.1 Å². The van der Waals surface area contributed by atoms with Crippen molar-refractivity contribution in [2.75, 3.05) is 13.2 Å². The minimum absolute atomic E-state index is 0.0516. The molecule has 0 unspecified atom stereocenters. The first-order valence-electron chi connectivity index (χ1n) is 6.72. The van der Waals surface area contributed by atoms with E-state index in [1.54, 1.807) is 6.07 Å². The Bertz CT molecular complexity index is 695. The lowest BCUT2D eigenvalue weighted by Gasteiger charge is -2.33. The Morgan fingerprint density at radius 2 is 1.85 bits per heavy atom. The van der Waals surface area contributed by atoms with Gasteiger partial charge in [-0.15, -0.1) is 0 Å². The monoisotopic (exact) mass is 272 g/mol. The second-order valence-corrected chi connectivity index (χ2v) is 6.12. The van der Waals surface area contributed by atoms with Crippen molar-refractivity contribution < 1.29 is 13.7 Å². The predicted molar refractivity (Wildman–Crippen MR) is 78.3 cm³/mol. The van der Waals surface area contributed by atoms with Crippen LogP contribution in [-0.4, -0.2) is 20.3 Å². The van der Waals surface area contributed by atoms with Crippen LogP contribution in [0.25, 0.3) is 11.0 Å². The lowest BCUT2D eigenvalue weighted by atomic mass is 9.75. The van der Waals surface area contributed by atoms with Gasteiger partial charge in [-0.2, -0.15) is 0 Å². The summed E-state index contributed by atoms with van der Waals surface area (Å²) in [5.41, 5.74) is 2.17. The van der Waals surface area contributed by atoms with Gasteiger partial charge in [-0.25, -0.2) is 4.79 Å². The second kappa shape index (κ2) is 4.75. The van der Waals surface area contributed by atoms with Gasteiger partial charge < -0.3 is 13.7 Å². The molecule has 0 radical (unpaired) electrons. The van der Waals surface area contributed by atoms with E-state index in [0.29, 0.717) is 18.8 Å². The molecule has 1 saturated heterocycles. The maximum atomic E-state index is 11.3. The first-order chi connectivity index (χ1) is 9.44. The first kappa shape index (κ1) is 13.4. The molecule has 2 aromatic rings. The highest BCUT2D eigenvalue weighted by Gasteiger charge is 2.33. The van der Waals surface area contributed by atoms with Gasteiger partial charge in [0.25, 0.3) is 0 Å². The molecule has 0 aliphatic carbocycles. The average Bonchev–Trinajstić information content (AvgIpc) is 2.38. The molecule has 0 atom stereocenters. The van der Waals surface area contributed by atoms with Crippen molar-refractivity contribution in [1.29, 1.82) is 0 Å². The Hall–Kier alpha value is -1.59. The van der Waals surface area contributed by atoms with Gasteiger partial charge >= 0.3 is 12.7 Å². The zero-order chi connectivity index (χ0) is 14.3. The third-order valence-electron chi connectivity index (χ3n) is 3.50.